The summed E-state index contributed by atoms with van der Waals surface area (Å²) in [7, 11) is 0. The first-order chi connectivity index (χ1) is 24.6. The van der Waals surface area contributed by atoms with Crippen molar-refractivity contribution in [1.29, 1.82) is 0 Å². The second-order valence-corrected chi connectivity index (χ2v) is 14.0. The Bertz CT molecular complexity index is 2610. The van der Waals surface area contributed by atoms with E-state index < -0.39 is 0 Å². The molecule has 2 unspecified atom stereocenters. The lowest BCUT2D eigenvalue weighted by molar-refractivity contribution is 0.631. The van der Waals surface area contributed by atoms with E-state index in [1.165, 1.54) is 54.8 Å². The molecule has 50 heavy (non-hydrogen) atoms. The number of hydrogen-bond acceptors (Lipinski definition) is 2. The highest BCUT2D eigenvalue weighted by Crippen LogP contribution is 2.56. The molecule has 0 spiro atoms. The third-order valence-corrected chi connectivity index (χ3v) is 10.7. The minimum absolute atomic E-state index is 0.111. The minimum Gasteiger partial charge on any atom is -0.613 e. The molecule has 240 valence electrons. The van der Waals surface area contributed by atoms with Crippen molar-refractivity contribution in [3.63, 3.8) is 0 Å². The van der Waals surface area contributed by atoms with Gasteiger partial charge in [0, 0.05) is 32.8 Å². The van der Waals surface area contributed by atoms with Crippen molar-refractivity contribution >= 4 is 38.4 Å². The van der Waals surface area contributed by atoms with Gasteiger partial charge in [-0.3, -0.25) is 4.99 Å². The molecule has 2 aliphatic rings. The van der Waals surface area contributed by atoms with Gasteiger partial charge in [0.25, 0.3) is 0 Å². The molecule has 0 saturated carbocycles. The molecule has 0 amide bonds. The molecule has 0 saturated heterocycles. The van der Waals surface area contributed by atoms with Gasteiger partial charge < -0.3 is 15.2 Å². The van der Waals surface area contributed by atoms with Crippen LogP contribution < -0.4 is 5.32 Å². The molecule has 1 aliphatic heterocycles. The van der Waals surface area contributed by atoms with Crippen LogP contribution >= 0.6 is 0 Å². The lowest BCUT2D eigenvalue weighted by Gasteiger charge is -2.44. The van der Waals surface area contributed by atoms with Crippen molar-refractivity contribution in [3.8, 4) is 16.8 Å². The van der Waals surface area contributed by atoms with Gasteiger partial charge in [-0.05, 0) is 81.4 Å². The Hall–Kier alpha value is -5.97. The fraction of sp³-hybridized carbons (Fsp3) is 0.109. The maximum atomic E-state index is 5.14. The van der Waals surface area contributed by atoms with E-state index in [9.17, 15) is 0 Å². The summed E-state index contributed by atoms with van der Waals surface area (Å²) in [6, 6.07) is 56.5. The summed E-state index contributed by atoms with van der Waals surface area (Å²) in [5.74, 6) is 0.846. The Morgan fingerprint density at radius 3 is 2.00 bits per heavy atom. The van der Waals surface area contributed by atoms with Crippen molar-refractivity contribution in [1.82, 2.24) is 9.88 Å². The lowest BCUT2D eigenvalue weighted by Crippen LogP contribution is -2.34. The number of rotatable bonds is 4. The highest BCUT2D eigenvalue weighted by molar-refractivity contribution is 6.26. The normalized spacial score (nSPS) is 17.8. The van der Waals surface area contributed by atoms with E-state index in [2.05, 4.69) is 169 Å². The lowest BCUT2D eigenvalue weighted by atomic mass is 9.79. The zero-order valence-electron chi connectivity index (χ0n) is 28.0. The number of nitrogens with one attached hydrogen (secondary N) is 1. The van der Waals surface area contributed by atoms with Crippen LogP contribution in [0.3, 0.4) is 0 Å². The third-order valence-electron chi connectivity index (χ3n) is 10.7. The van der Waals surface area contributed by atoms with E-state index in [-0.39, 0.29) is 17.7 Å². The van der Waals surface area contributed by atoms with Crippen molar-refractivity contribution < 1.29 is 0 Å². The van der Waals surface area contributed by atoms with Crippen LogP contribution in [0.15, 0.2) is 163 Å². The quantitative estimate of drug-likeness (QED) is 0.204. The molecular formula is C46H35N4-. The van der Waals surface area contributed by atoms with Gasteiger partial charge in [-0.2, -0.15) is 0 Å². The number of amidine groups is 1. The summed E-state index contributed by atoms with van der Waals surface area (Å²) in [5.41, 5.74) is 12.2. The number of aliphatic imine (C=N–C) groups is 1. The second-order valence-electron chi connectivity index (χ2n) is 14.0. The Balaban J connectivity index is 1.17. The number of hydrogen-bond donors (Lipinski definition) is 1. The smallest absolute Gasteiger partial charge is 0.126 e. The summed E-state index contributed by atoms with van der Waals surface area (Å²) in [5, 5.41) is 13.9. The molecular weight excluding hydrogens is 609 g/mol. The van der Waals surface area contributed by atoms with Gasteiger partial charge in [-0.15, -0.1) is 0 Å². The fourth-order valence-corrected chi connectivity index (χ4v) is 8.50. The fourth-order valence-electron chi connectivity index (χ4n) is 8.50. The molecule has 2 heterocycles. The predicted octanol–water partition coefficient (Wildman–Crippen LogP) is 11.4. The number of para-hydroxylation sites is 1. The van der Waals surface area contributed by atoms with Gasteiger partial charge in [0.15, 0.2) is 0 Å². The average Bonchev–Trinajstić information content (AvgIpc) is 3.65. The summed E-state index contributed by atoms with van der Waals surface area (Å²) < 4.78 is 2.47. The zero-order valence-corrected chi connectivity index (χ0v) is 28.0. The van der Waals surface area contributed by atoms with Gasteiger partial charge >= 0.3 is 0 Å². The monoisotopic (exact) mass is 643 g/mol. The predicted molar refractivity (Wildman–Crippen MR) is 207 cm³/mol. The summed E-state index contributed by atoms with van der Waals surface area (Å²) in [4.78, 5) is 5.14. The number of benzene rings is 7. The van der Waals surface area contributed by atoms with Crippen molar-refractivity contribution in [2.45, 2.75) is 31.6 Å². The van der Waals surface area contributed by atoms with Crippen molar-refractivity contribution in [3.05, 3.63) is 191 Å². The first-order valence-corrected chi connectivity index (χ1v) is 17.4. The van der Waals surface area contributed by atoms with E-state index in [0.717, 1.165) is 28.2 Å². The first kappa shape index (κ1) is 29.0. The van der Waals surface area contributed by atoms with Crippen LogP contribution in [-0.4, -0.2) is 10.4 Å². The van der Waals surface area contributed by atoms with Crippen LogP contribution in [0.25, 0.3) is 54.7 Å². The highest BCUT2D eigenvalue weighted by Gasteiger charge is 2.39. The van der Waals surface area contributed by atoms with Crippen LogP contribution in [0.1, 0.15) is 54.0 Å². The van der Waals surface area contributed by atoms with E-state index in [4.69, 9.17) is 10.3 Å². The first-order valence-electron chi connectivity index (χ1n) is 17.4. The standard InChI is InChI=1S/C46H35N4/c1-46(2)37-23-13-11-21-35(37)39-40-36-22-12-14-24-38(36)50(42(40)34-20-10-9-19-33(34)41(39)46)32-27-25-31(26-28-32)45-48-43(29-15-5-3-6-16-29)47-44(49-45)30-17-7-4-8-18-30/h3-28,43-44H,1-2H3,(H,48,49)/q-1. The van der Waals surface area contributed by atoms with Crippen LogP contribution in [0.4, 0.5) is 0 Å². The van der Waals surface area contributed by atoms with E-state index in [1.54, 1.807) is 0 Å². The molecule has 2 atom stereocenters. The molecule has 1 aliphatic carbocycles. The Morgan fingerprint density at radius 1 is 0.620 bits per heavy atom. The molecule has 8 aromatic rings. The molecule has 0 bridgehead atoms. The van der Waals surface area contributed by atoms with Gasteiger partial charge in [0.2, 0.25) is 0 Å². The van der Waals surface area contributed by atoms with Crippen LogP contribution in [0, 0.1) is 0 Å². The van der Waals surface area contributed by atoms with E-state index in [1.807, 2.05) is 12.1 Å². The number of fused-ring (bicyclic) bond motifs is 10. The van der Waals surface area contributed by atoms with Crippen molar-refractivity contribution in [2.24, 2.45) is 4.99 Å². The summed E-state index contributed by atoms with van der Waals surface area (Å²) >= 11 is 0. The molecule has 4 nitrogen and oxygen atoms in total. The van der Waals surface area contributed by atoms with Gasteiger partial charge in [0.05, 0.1) is 11.0 Å². The SMILES string of the molecule is CC1(C)c2ccccc2-c2c1c1ccccc1c1c2c2ccccc2n1-c1ccc(C2=NC(c3ccccc3)[N-]C(c3ccccc3)N2)cc1. The summed E-state index contributed by atoms with van der Waals surface area (Å²) in [6.45, 7) is 4.77. The Morgan fingerprint density at radius 2 is 1.24 bits per heavy atom. The molecule has 0 radical (unpaired) electrons. The molecule has 1 aromatic heterocycles. The zero-order chi connectivity index (χ0) is 33.4. The second kappa shape index (κ2) is 11.0. The summed E-state index contributed by atoms with van der Waals surface area (Å²) in [6.07, 6.45) is -0.498. The highest BCUT2D eigenvalue weighted by atomic mass is 15.3. The third kappa shape index (κ3) is 4.25. The number of aromatic nitrogens is 1. The van der Waals surface area contributed by atoms with Crippen LogP contribution in [0.2, 0.25) is 0 Å². The molecule has 0 fully saturated rings. The maximum absolute atomic E-state index is 5.14. The van der Waals surface area contributed by atoms with E-state index >= 15 is 0 Å². The molecule has 10 rings (SSSR count). The topological polar surface area (TPSA) is 43.4 Å². The molecule has 7 aromatic carbocycles. The van der Waals surface area contributed by atoms with Gasteiger partial charge in [0.1, 0.15) is 5.84 Å². The van der Waals surface area contributed by atoms with E-state index in [0.29, 0.717) is 0 Å². The molecule has 1 N–H and O–H groups in total. The number of nitrogens with zero attached hydrogens (tertiary/aromatic N) is 3. The average molecular weight is 644 g/mol. The van der Waals surface area contributed by atoms with Crippen LogP contribution in [0.5, 0.6) is 0 Å². The maximum Gasteiger partial charge on any atom is 0.126 e. The molecule has 4 heteroatoms. The van der Waals surface area contributed by atoms with Gasteiger partial charge in [-0.1, -0.05) is 141 Å². The van der Waals surface area contributed by atoms with Crippen LogP contribution in [-0.2, 0) is 5.41 Å². The van der Waals surface area contributed by atoms with Crippen molar-refractivity contribution in [2.75, 3.05) is 0 Å². The largest absolute Gasteiger partial charge is 0.613 e. The minimum atomic E-state index is -0.296. The van der Waals surface area contributed by atoms with Gasteiger partial charge in [-0.25, -0.2) is 0 Å². The Labute approximate surface area is 291 Å². The Kier molecular flexibility index (Phi) is 6.39.